The summed E-state index contributed by atoms with van der Waals surface area (Å²) >= 11 is 1.51. The molecule has 30 heavy (non-hydrogen) atoms. The quantitative estimate of drug-likeness (QED) is 0.453. The first-order valence-corrected chi connectivity index (χ1v) is 10.8. The fraction of sp³-hybridized carbons (Fsp3) is 0.429. The van der Waals surface area contributed by atoms with Gasteiger partial charge in [-0.15, -0.1) is 0 Å². The maximum absolute atomic E-state index is 12.6. The number of hydrogen-bond acceptors (Lipinski definition) is 6. The number of pyridine rings is 1. The molecule has 1 aliphatic carbocycles. The lowest BCUT2D eigenvalue weighted by atomic mass is 10.0. The predicted molar refractivity (Wildman–Crippen MR) is 115 cm³/mol. The highest BCUT2D eigenvalue weighted by atomic mass is 32.2. The molecule has 2 aromatic heterocycles. The van der Waals surface area contributed by atoms with Crippen molar-refractivity contribution >= 4 is 28.5 Å². The Balaban J connectivity index is 1.79. The fourth-order valence-corrected chi connectivity index (χ4v) is 4.91. The Hall–Kier alpha value is -2.39. The number of aryl methyl sites for hydroxylation is 2. The zero-order chi connectivity index (χ0) is 21.3. The van der Waals surface area contributed by atoms with Crippen LogP contribution in [0.2, 0.25) is 0 Å². The molecule has 0 unspecified atom stereocenters. The van der Waals surface area contributed by atoms with E-state index < -0.39 is 18.5 Å². The Labute approximate surface area is 176 Å². The third kappa shape index (κ3) is 4.37. The normalized spacial score (nSPS) is 14.8. The smallest absolute Gasteiger partial charge is 0.271 e. The molecule has 1 aliphatic rings. The zero-order valence-corrected chi connectivity index (χ0v) is 17.7. The summed E-state index contributed by atoms with van der Waals surface area (Å²) in [4.78, 5) is 16.2. The SMILES string of the molecule is Cc1noc(C)c1-c1cc(SNC2CCCC2)c2cc(NCC(F)F)c(=O)[nH]c2c1. The minimum Gasteiger partial charge on any atom is -0.375 e. The molecule has 1 aromatic carbocycles. The minimum absolute atomic E-state index is 0.135. The molecule has 0 atom stereocenters. The average molecular weight is 435 g/mol. The highest BCUT2D eigenvalue weighted by Crippen LogP contribution is 2.35. The van der Waals surface area contributed by atoms with E-state index in [1.54, 1.807) is 6.07 Å². The Kier molecular flexibility index (Phi) is 6.10. The van der Waals surface area contributed by atoms with Crippen molar-refractivity contribution in [1.29, 1.82) is 0 Å². The topological polar surface area (TPSA) is 82.9 Å². The number of alkyl halides is 2. The second-order valence-corrected chi connectivity index (χ2v) is 8.50. The fourth-order valence-electron chi connectivity index (χ4n) is 3.91. The van der Waals surface area contributed by atoms with Crippen molar-refractivity contribution in [3.8, 4) is 11.1 Å². The van der Waals surface area contributed by atoms with Crippen molar-refractivity contribution in [1.82, 2.24) is 14.9 Å². The summed E-state index contributed by atoms with van der Waals surface area (Å²) in [5, 5.41) is 7.36. The van der Waals surface area contributed by atoms with Crippen LogP contribution in [0, 0.1) is 13.8 Å². The zero-order valence-electron chi connectivity index (χ0n) is 16.9. The molecular formula is C21H24F2N4O2S. The Morgan fingerprint density at radius 1 is 1.27 bits per heavy atom. The Morgan fingerprint density at radius 3 is 2.70 bits per heavy atom. The third-order valence-electron chi connectivity index (χ3n) is 5.38. The molecule has 6 nitrogen and oxygen atoms in total. The number of hydrogen-bond donors (Lipinski definition) is 3. The third-order valence-corrected chi connectivity index (χ3v) is 6.39. The van der Waals surface area contributed by atoms with Gasteiger partial charge in [-0.05, 0) is 62.4 Å². The molecule has 9 heteroatoms. The van der Waals surface area contributed by atoms with E-state index in [4.69, 9.17) is 4.52 Å². The van der Waals surface area contributed by atoms with Crippen LogP contribution in [-0.2, 0) is 0 Å². The molecule has 0 bridgehead atoms. The number of nitrogens with one attached hydrogen (secondary N) is 3. The summed E-state index contributed by atoms with van der Waals surface area (Å²) in [6.07, 6.45) is 2.15. The van der Waals surface area contributed by atoms with E-state index in [2.05, 4.69) is 20.2 Å². The van der Waals surface area contributed by atoms with E-state index in [1.807, 2.05) is 26.0 Å². The van der Waals surface area contributed by atoms with Gasteiger partial charge in [-0.3, -0.25) is 9.52 Å². The molecule has 0 saturated heterocycles. The molecule has 0 spiro atoms. The van der Waals surface area contributed by atoms with Crippen LogP contribution >= 0.6 is 11.9 Å². The van der Waals surface area contributed by atoms with Gasteiger partial charge in [0.05, 0.1) is 17.8 Å². The van der Waals surface area contributed by atoms with E-state index in [-0.39, 0.29) is 5.69 Å². The van der Waals surface area contributed by atoms with Crippen LogP contribution in [0.25, 0.3) is 22.0 Å². The summed E-state index contributed by atoms with van der Waals surface area (Å²) in [5.74, 6) is 0.698. The lowest BCUT2D eigenvalue weighted by Crippen LogP contribution is -2.19. The van der Waals surface area contributed by atoms with Gasteiger partial charge in [0.1, 0.15) is 11.4 Å². The van der Waals surface area contributed by atoms with Crippen LogP contribution in [0.3, 0.4) is 0 Å². The average Bonchev–Trinajstić information content (AvgIpc) is 3.34. The van der Waals surface area contributed by atoms with E-state index in [0.717, 1.165) is 39.9 Å². The lowest BCUT2D eigenvalue weighted by Gasteiger charge is -2.15. The summed E-state index contributed by atoms with van der Waals surface area (Å²) in [6, 6.07) is 5.98. The van der Waals surface area contributed by atoms with Crippen molar-refractivity contribution in [2.24, 2.45) is 0 Å². The number of fused-ring (bicyclic) bond motifs is 1. The molecule has 0 radical (unpaired) electrons. The number of H-pyrrole nitrogens is 1. The van der Waals surface area contributed by atoms with Gasteiger partial charge >= 0.3 is 0 Å². The number of halogens is 2. The molecule has 2 heterocycles. The van der Waals surface area contributed by atoms with Gasteiger partial charge in [0.25, 0.3) is 12.0 Å². The lowest BCUT2D eigenvalue weighted by molar-refractivity contribution is 0.163. The Morgan fingerprint density at radius 2 is 2.03 bits per heavy atom. The summed E-state index contributed by atoms with van der Waals surface area (Å²) in [7, 11) is 0. The van der Waals surface area contributed by atoms with E-state index in [9.17, 15) is 13.6 Å². The van der Waals surface area contributed by atoms with Crippen LogP contribution in [0.15, 0.2) is 32.4 Å². The highest BCUT2D eigenvalue weighted by Gasteiger charge is 2.19. The molecule has 160 valence electrons. The van der Waals surface area contributed by atoms with Gasteiger partial charge in [0.15, 0.2) is 0 Å². The molecule has 1 fully saturated rings. The van der Waals surface area contributed by atoms with Crippen molar-refractivity contribution in [3.05, 3.63) is 40.0 Å². The Bertz CT molecular complexity index is 1090. The summed E-state index contributed by atoms with van der Waals surface area (Å²) < 4.78 is 34.1. The standard InChI is InChI=1S/C21H24F2N4O2S/c1-11-20(12(2)29-26-11)13-7-16-15(9-17(21(28)25-16)24-10-19(22)23)18(8-13)30-27-14-5-3-4-6-14/h7-9,14,19,24,27H,3-6,10H2,1-2H3,(H,25,28). The minimum atomic E-state index is -2.54. The first-order valence-electron chi connectivity index (χ1n) is 10.0. The monoisotopic (exact) mass is 434 g/mol. The molecular weight excluding hydrogens is 410 g/mol. The van der Waals surface area contributed by atoms with Crippen LogP contribution in [0.4, 0.5) is 14.5 Å². The molecule has 3 aromatic rings. The highest BCUT2D eigenvalue weighted by molar-refractivity contribution is 7.97. The second kappa shape index (κ2) is 8.77. The van der Waals surface area contributed by atoms with Crippen LogP contribution in [0.1, 0.15) is 37.1 Å². The number of rotatable bonds is 7. The number of anilines is 1. The van der Waals surface area contributed by atoms with Gasteiger partial charge < -0.3 is 14.8 Å². The maximum Gasteiger partial charge on any atom is 0.271 e. The first-order chi connectivity index (χ1) is 14.4. The van der Waals surface area contributed by atoms with Crippen LogP contribution in [0.5, 0.6) is 0 Å². The number of aromatic amines is 1. The van der Waals surface area contributed by atoms with E-state index >= 15 is 0 Å². The summed E-state index contributed by atoms with van der Waals surface area (Å²) in [5.41, 5.74) is 2.88. The van der Waals surface area contributed by atoms with Crippen LogP contribution in [-0.4, -0.2) is 29.2 Å². The first kappa shape index (κ1) is 20.9. The molecule has 3 N–H and O–H groups in total. The second-order valence-electron chi connectivity index (χ2n) is 7.62. The maximum atomic E-state index is 12.6. The summed E-state index contributed by atoms with van der Waals surface area (Å²) in [6.45, 7) is 3.15. The van der Waals surface area contributed by atoms with Gasteiger partial charge in [-0.2, -0.15) is 0 Å². The molecule has 4 rings (SSSR count). The number of nitrogens with zero attached hydrogens (tertiary/aromatic N) is 1. The number of benzene rings is 1. The van der Waals surface area contributed by atoms with E-state index in [1.165, 1.54) is 24.8 Å². The molecule has 0 aliphatic heterocycles. The van der Waals surface area contributed by atoms with Crippen LogP contribution < -0.4 is 15.6 Å². The largest absolute Gasteiger partial charge is 0.375 e. The molecule has 1 saturated carbocycles. The van der Waals surface area contributed by atoms with Gasteiger partial charge in [-0.25, -0.2) is 8.78 Å². The van der Waals surface area contributed by atoms with Crippen molar-refractivity contribution in [2.45, 2.75) is 56.9 Å². The van der Waals surface area contributed by atoms with Crippen molar-refractivity contribution < 1.29 is 13.3 Å². The van der Waals surface area contributed by atoms with Gasteiger partial charge in [0, 0.05) is 21.9 Å². The predicted octanol–water partition coefficient (Wildman–Crippen LogP) is 5.02. The number of aromatic nitrogens is 2. The van der Waals surface area contributed by atoms with E-state index in [0.29, 0.717) is 17.3 Å². The molecule has 0 amide bonds. The van der Waals surface area contributed by atoms with Gasteiger partial charge in [-0.1, -0.05) is 18.0 Å². The van der Waals surface area contributed by atoms with Crippen molar-refractivity contribution in [2.75, 3.05) is 11.9 Å². The van der Waals surface area contributed by atoms with Crippen molar-refractivity contribution in [3.63, 3.8) is 0 Å². The van der Waals surface area contributed by atoms with Gasteiger partial charge in [0.2, 0.25) is 0 Å².